The van der Waals surface area contributed by atoms with E-state index in [1.165, 1.54) is 0 Å². The Hall–Kier alpha value is -0.650. The Morgan fingerprint density at radius 3 is 2.40 bits per heavy atom. The van der Waals surface area contributed by atoms with Gasteiger partial charge in [0.05, 0.1) is 12.6 Å². The third-order valence-electron chi connectivity index (χ3n) is 1.54. The lowest BCUT2D eigenvalue weighted by molar-refractivity contribution is -0.161. The van der Waals surface area contributed by atoms with Crippen molar-refractivity contribution < 1.29 is 20.2 Å². The number of hydrogen-bond donors (Lipinski definition) is 3. The van der Waals surface area contributed by atoms with Gasteiger partial charge in [0.15, 0.2) is 0 Å². The largest absolute Gasteiger partial charge is 0.480 e. The average Bonchev–Trinajstić information content (AvgIpc) is 2.10. The molecule has 0 amide bonds. The molecule has 0 aromatic carbocycles. The molecule has 2 atom stereocenters. The first-order valence-electron chi connectivity index (χ1n) is 2.97. The molecule has 5 heteroatoms. The number of hydrogen-bond acceptors (Lipinski definition) is 4. The molecule has 0 spiro atoms. The molecule has 0 radical (unpaired) electrons. The van der Waals surface area contributed by atoms with Gasteiger partial charge in [-0.25, -0.2) is 0 Å². The number of β-amino-alcohol motifs (C(OH)–C–C–N with tert-alkyl or cyclic N) is 1. The lowest BCUT2D eigenvalue weighted by Gasteiger charge is -2.10. The molecule has 0 bridgehead atoms. The molecule has 0 saturated carbocycles. The molecule has 1 rings (SSSR count). The van der Waals surface area contributed by atoms with Crippen molar-refractivity contribution in [2.75, 3.05) is 6.54 Å². The molecule has 1 aliphatic heterocycles. The van der Waals surface area contributed by atoms with E-state index in [1.54, 1.807) is 0 Å². The van der Waals surface area contributed by atoms with Crippen LogP contribution in [0.4, 0.5) is 0 Å². The van der Waals surface area contributed by atoms with Gasteiger partial charge in [-0.05, 0) is 0 Å². The fraction of sp³-hybridized carbons (Fsp3) is 0.800. The van der Waals surface area contributed by atoms with Crippen LogP contribution < -0.4 is 0 Å². The van der Waals surface area contributed by atoms with Crippen molar-refractivity contribution in [3.05, 3.63) is 0 Å². The van der Waals surface area contributed by atoms with Gasteiger partial charge in [0.25, 0.3) is 0 Å². The van der Waals surface area contributed by atoms with Crippen LogP contribution in [-0.4, -0.2) is 45.1 Å². The highest BCUT2D eigenvalue weighted by atomic mass is 16.5. The van der Waals surface area contributed by atoms with Gasteiger partial charge in [-0.1, -0.05) is 0 Å². The van der Waals surface area contributed by atoms with E-state index in [9.17, 15) is 4.79 Å². The summed E-state index contributed by atoms with van der Waals surface area (Å²) in [6, 6.07) is -0.935. The number of carboxylic acids is 1. The molecule has 1 saturated heterocycles. The van der Waals surface area contributed by atoms with Crippen LogP contribution >= 0.6 is 0 Å². The highest BCUT2D eigenvalue weighted by Gasteiger charge is 2.34. The fourth-order valence-electron chi connectivity index (χ4n) is 1.03. The molecule has 1 unspecified atom stereocenters. The van der Waals surface area contributed by atoms with Gasteiger partial charge in [0.1, 0.15) is 6.04 Å². The van der Waals surface area contributed by atoms with E-state index in [0.29, 0.717) is 5.06 Å². The van der Waals surface area contributed by atoms with Crippen LogP contribution in [0.1, 0.15) is 6.42 Å². The van der Waals surface area contributed by atoms with Crippen molar-refractivity contribution in [2.24, 2.45) is 0 Å². The summed E-state index contributed by atoms with van der Waals surface area (Å²) in [5.74, 6) is -1.10. The van der Waals surface area contributed by atoms with E-state index in [2.05, 4.69) is 0 Å². The molecule has 5 nitrogen and oxygen atoms in total. The zero-order valence-electron chi connectivity index (χ0n) is 5.27. The number of aliphatic hydroxyl groups is 1. The molecule has 0 aliphatic carbocycles. The minimum absolute atomic E-state index is 0.0248. The number of carboxylic acid groups (broad SMARTS) is 1. The lowest BCUT2D eigenvalue weighted by atomic mass is 10.2. The Labute approximate surface area is 57.5 Å². The van der Waals surface area contributed by atoms with Crippen molar-refractivity contribution in [2.45, 2.75) is 18.6 Å². The maximum absolute atomic E-state index is 10.2. The van der Waals surface area contributed by atoms with Crippen LogP contribution in [0.25, 0.3) is 0 Å². The van der Waals surface area contributed by atoms with E-state index >= 15 is 0 Å². The Morgan fingerprint density at radius 2 is 2.20 bits per heavy atom. The van der Waals surface area contributed by atoms with Gasteiger partial charge < -0.3 is 15.4 Å². The van der Waals surface area contributed by atoms with Crippen LogP contribution in [-0.2, 0) is 4.79 Å². The van der Waals surface area contributed by atoms with Gasteiger partial charge in [-0.2, -0.15) is 5.06 Å². The van der Waals surface area contributed by atoms with Crippen molar-refractivity contribution >= 4 is 5.97 Å². The van der Waals surface area contributed by atoms with Crippen molar-refractivity contribution in [1.29, 1.82) is 0 Å². The Balaban J connectivity index is 2.54. The number of aliphatic hydroxyl groups excluding tert-OH is 1. The summed E-state index contributed by atoms with van der Waals surface area (Å²) < 4.78 is 0. The minimum atomic E-state index is -1.10. The molecule has 1 aliphatic rings. The maximum atomic E-state index is 10.2. The first-order valence-corrected chi connectivity index (χ1v) is 2.97. The molecule has 10 heavy (non-hydrogen) atoms. The molecule has 1 fully saturated rings. The highest BCUT2D eigenvalue weighted by Crippen LogP contribution is 2.14. The number of carbonyl (C=O) groups is 1. The molecule has 0 aromatic heterocycles. The van der Waals surface area contributed by atoms with Crippen LogP contribution in [0.3, 0.4) is 0 Å². The summed E-state index contributed by atoms with van der Waals surface area (Å²) >= 11 is 0. The number of hydroxylamine groups is 2. The summed E-state index contributed by atoms with van der Waals surface area (Å²) in [6.45, 7) is 0.0248. The molecule has 58 valence electrons. The highest BCUT2D eigenvalue weighted by molar-refractivity contribution is 5.73. The third-order valence-corrected chi connectivity index (χ3v) is 1.54. The SMILES string of the molecule is O=C(O)[C@@H]1CC(O)CN1O. The summed E-state index contributed by atoms with van der Waals surface area (Å²) in [5.41, 5.74) is 0. The normalized spacial score (nSPS) is 34.6. The number of aliphatic carboxylic acids is 1. The first kappa shape index (κ1) is 7.46. The smallest absolute Gasteiger partial charge is 0.323 e. The van der Waals surface area contributed by atoms with Crippen LogP contribution in [0.15, 0.2) is 0 Å². The second-order valence-corrected chi connectivity index (χ2v) is 2.37. The monoisotopic (exact) mass is 147 g/mol. The summed E-state index contributed by atoms with van der Waals surface area (Å²) in [7, 11) is 0. The van der Waals surface area contributed by atoms with Crippen molar-refractivity contribution in [3.63, 3.8) is 0 Å². The Bertz CT molecular complexity index is 149. The minimum Gasteiger partial charge on any atom is -0.480 e. The van der Waals surface area contributed by atoms with Crippen LogP contribution in [0.2, 0.25) is 0 Å². The van der Waals surface area contributed by atoms with E-state index in [4.69, 9.17) is 15.4 Å². The van der Waals surface area contributed by atoms with Crippen molar-refractivity contribution in [1.82, 2.24) is 5.06 Å². The first-order chi connectivity index (χ1) is 4.61. The van der Waals surface area contributed by atoms with Crippen molar-refractivity contribution in [3.8, 4) is 0 Å². The average molecular weight is 147 g/mol. The lowest BCUT2D eigenvalue weighted by Crippen LogP contribution is -2.32. The Kier molecular flexibility index (Phi) is 1.89. The third kappa shape index (κ3) is 1.26. The predicted molar refractivity (Wildman–Crippen MR) is 30.5 cm³/mol. The van der Waals surface area contributed by atoms with Crippen LogP contribution in [0.5, 0.6) is 0 Å². The second-order valence-electron chi connectivity index (χ2n) is 2.37. The number of nitrogens with zero attached hydrogens (tertiary/aromatic N) is 1. The molecule has 0 aromatic rings. The van der Waals surface area contributed by atoms with Gasteiger partial charge in [0.2, 0.25) is 0 Å². The molecule has 1 heterocycles. The topological polar surface area (TPSA) is 81.0 Å². The molecule has 3 N–H and O–H groups in total. The van der Waals surface area contributed by atoms with Crippen LogP contribution in [0, 0.1) is 0 Å². The standard InChI is InChI=1S/C5H9NO4/c7-3-1-4(5(8)9)6(10)2-3/h3-4,7,10H,1-2H2,(H,8,9)/t3?,4-/m0/s1. The molecular formula is C5H9NO4. The summed E-state index contributed by atoms with van der Waals surface area (Å²) in [6.07, 6.45) is -0.614. The summed E-state index contributed by atoms with van der Waals surface area (Å²) in [4.78, 5) is 10.2. The number of rotatable bonds is 1. The quantitative estimate of drug-likeness (QED) is 0.438. The van der Waals surface area contributed by atoms with Gasteiger partial charge in [-0.3, -0.25) is 4.79 Å². The van der Waals surface area contributed by atoms with Gasteiger partial charge in [-0.15, -0.1) is 0 Å². The van der Waals surface area contributed by atoms with E-state index in [-0.39, 0.29) is 13.0 Å². The molecular weight excluding hydrogens is 138 g/mol. The fourth-order valence-corrected chi connectivity index (χ4v) is 1.03. The van der Waals surface area contributed by atoms with E-state index < -0.39 is 18.1 Å². The van der Waals surface area contributed by atoms with Gasteiger partial charge in [0, 0.05) is 6.42 Å². The second kappa shape index (κ2) is 2.53. The zero-order chi connectivity index (χ0) is 7.72. The summed E-state index contributed by atoms with van der Waals surface area (Å²) in [5, 5.41) is 26.7. The Morgan fingerprint density at radius 1 is 1.60 bits per heavy atom. The van der Waals surface area contributed by atoms with Gasteiger partial charge >= 0.3 is 5.97 Å². The van der Waals surface area contributed by atoms with E-state index in [0.717, 1.165) is 0 Å². The van der Waals surface area contributed by atoms with E-state index in [1.807, 2.05) is 0 Å². The maximum Gasteiger partial charge on any atom is 0.323 e. The predicted octanol–water partition coefficient (Wildman–Crippen LogP) is -1.10. The zero-order valence-corrected chi connectivity index (χ0v) is 5.27.